The summed E-state index contributed by atoms with van der Waals surface area (Å²) in [6.45, 7) is 4.68. The van der Waals surface area contributed by atoms with Gasteiger partial charge in [0.05, 0.1) is 46.9 Å². The molecule has 40 heavy (non-hydrogen) atoms. The van der Waals surface area contributed by atoms with Gasteiger partial charge in [-0.05, 0) is 42.5 Å². The minimum absolute atomic E-state index is 0.582. The molecule has 0 atom stereocenters. The van der Waals surface area contributed by atoms with Crippen LogP contribution in [0.5, 0.6) is 11.5 Å². The SMILES string of the molecule is [2H]C([2H])([2H])[n+]1[c-]n(-c2cccc(Oc3ccc4c5ccccc5n(-c5cc([Si](C)(C)C)ccn5)c4c3)c2)c2ccccc21. The molecule has 0 bridgehead atoms. The lowest BCUT2D eigenvalue weighted by molar-refractivity contribution is -0.649. The van der Waals surface area contributed by atoms with Gasteiger partial charge in [-0.1, -0.05) is 79.4 Å². The van der Waals surface area contributed by atoms with Crippen molar-refractivity contribution in [3.63, 3.8) is 0 Å². The second kappa shape index (κ2) is 9.21. The maximum Gasteiger partial charge on any atom is 0.244 e. The zero-order chi connectivity index (χ0) is 29.9. The highest BCUT2D eigenvalue weighted by Gasteiger charge is 2.19. The number of nitrogens with zero attached hydrogens (tertiary/aromatic N) is 4. The number of aryl methyl sites for hydroxylation is 1. The van der Waals surface area contributed by atoms with Crippen LogP contribution in [0.1, 0.15) is 4.11 Å². The minimum atomic E-state index is -2.35. The molecule has 196 valence electrons. The molecule has 6 heteroatoms. The average molecular weight is 542 g/mol. The smallest absolute Gasteiger partial charge is 0.244 e. The van der Waals surface area contributed by atoms with Gasteiger partial charge < -0.3 is 13.9 Å². The molecule has 0 saturated carbocycles. The average Bonchev–Trinajstić information content (AvgIpc) is 3.53. The Morgan fingerprint density at radius 1 is 0.775 bits per heavy atom. The zero-order valence-electron chi connectivity index (χ0n) is 25.6. The molecule has 0 aliphatic carbocycles. The highest BCUT2D eigenvalue weighted by atomic mass is 28.3. The van der Waals surface area contributed by atoms with E-state index in [4.69, 9.17) is 13.8 Å². The summed E-state index contributed by atoms with van der Waals surface area (Å²) < 4.78 is 35.5. The van der Waals surface area contributed by atoms with Crippen LogP contribution in [-0.4, -0.2) is 22.2 Å². The summed E-state index contributed by atoms with van der Waals surface area (Å²) in [5, 5.41) is 3.63. The van der Waals surface area contributed by atoms with Gasteiger partial charge in [0.25, 0.3) is 0 Å². The molecule has 0 spiro atoms. The third-order valence-corrected chi connectivity index (χ3v) is 9.40. The number of hydrogen-bond donors (Lipinski definition) is 0. The molecule has 0 unspecified atom stereocenters. The second-order valence-electron chi connectivity index (χ2n) is 11.0. The second-order valence-corrected chi connectivity index (χ2v) is 16.1. The summed E-state index contributed by atoms with van der Waals surface area (Å²) in [5.41, 5.74) is 4.18. The summed E-state index contributed by atoms with van der Waals surface area (Å²) in [7, 11) is -1.55. The fraction of sp³-hybridized carbons (Fsp3) is 0.118. The Balaban J connectivity index is 1.32. The van der Waals surface area contributed by atoms with Gasteiger partial charge in [-0.3, -0.25) is 4.57 Å². The van der Waals surface area contributed by atoms with E-state index in [0.29, 0.717) is 17.0 Å². The quantitative estimate of drug-likeness (QED) is 0.133. The first-order valence-corrected chi connectivity index (χ1v) is 16.8. The van der Waals surface area contributed by atoms with E-state index >= 15 is 0 Å². The molecule has 0 saturated heterocycles. The van der Waals surface area contributed by atoms with Crippen molar-refractivity contribution in [2.45, 2.75) is 19.6 Å². The molecular weight excluding hydrogens is 508 g/mol. The summed E-state index contributed by atoms with van der Waals surface area (Å²) >= 11 is 0. The van der Waals surface area contributed by atoms with Crippen molar-refractivity contribution >= 4 is 46.1 Å². The molecule has 0 fully saturated rings. The molecule has 7 aromatic rings. The Labute approximate surface area is 238 Å². The van der Waals surface area contributed by atoms with E-state index in [-0.39, 0.29) is 0 Å². The lowest BCUT2D eigenvalue weighted by Gasteiger charge is -2.18. The Morgan fingerprint density at radius 3 is 2.40 bits per heavy atom. The van der Waals surface area contributed by atoms with E-state index in [2.05, 4.69) is 79.1 Å². The van der Waals surface area contributed by atoms with Crippen molar-refractivity contribution in [2.24, 2.45) is 6.98 Å². The summed E-state index contributed by atoms with van der Waals surface area (Å²) in [6, 6.07) is 33.9. The van der Waals surface area contributed by atoms with Gasteiger partial charge in [0, 0.05) is 23.0 Å². The van der Waals surface area contributed by atoms with Crippen LogP contribution in [0.2, 0.25) is 19.6 Å². The molecule has 0 radical (unpaired) electrons. The molecule has 0 aliphatic heterocycles. The first kappa shape index (κ1) is 21.2. The fourth-order valence-electron chi connectivity index (χ4n) is 5.34. The van der Waals surface area contributed by atoms with E-state index in [1.54, 1.807) is 10.6 Å². The van der Waals surface area contributed by atoms with Crippen LogP contribution >= 0.6 is 0 Å². The van der Waals surface area contributed by atoms with Gasteiger partial charge in [-0.25, -0.2) is 4.98 Å². The third-order valence-electron chi connectivity index (χ3n) is 7.36. The predicted molar refractivity (Wildman–Crippen MR) is 165 cm³/mol. The van der Waals surface area contributed by atoms with Gasteiger partial charge in [-0.15, -0.1) is 0 Å². The first-order chi connectivity index (χ1) is 20.6. The Kier molecular flexibility index (Phi) is 4.88. The lowest BCUT2D eigenvalue weighted by atomic mass is 10.1. The number of fused-ring (bicyclic) bond motifs is 4. The molecule has 0 aliphatic rings. The highest BCUT2D eigenvalue weighted by molar-refractivity contribution is 6.88. The van der Waals surface area contributed by atoms with Crippen molar-refractivity contribution in [1.29, 1.82) is 0 Å². The van der Waals surface area contributed by atoms with Gasteiger partial charge in [0.2, 0.25) is 6.33 Å². The maximum absolute atomic E-state index is 7.97. The minimum Gasteiger partial charge on any atom is -0.458 e. The number of para-hydroxylation sites is 3. The lowest BCUT2D eigenvalue weighted by Crippen LogP contribution is -2.37. The predicted octanol–water partition coefficient (Wildman–Crippen LogP) is 7.08. The van der Waals surface area contributed by atoms with Crippen LogP contribution in [0, 0.1) is 6.33 Å². The normalized spacial score (nSPS) is 13.4. The van der Waals surface area contributed by atoms with Crippen LogP contribution in [0.4, 0.5) is 0 Å². The number of pyridine rings is 1. The van der Waals surface area contributed by atoms with E-state index in [9.17, 15) is 0 Å². The monoisotopic (exact) mass is 541 g/mol. The number of rotatable bonds is 5. The van der Waals surface area contributed by atoms with Crippen LogP contribution in [0.25, 0.3) is 44.3 Å². The highest BCUT2D eigenvalue weighted by Crippen LogP contribution is 2.35. The van der Waals surface area contributed by atoms with Gasteiger partial charge in [0.15, 0.2) is 0 Å². The molecule has 3 heterocycles. The molecule has 7 rings (SSSR count). The maximum atomic E-state index is 7.97. The topological polar surface area (TPSA) is 35.9 Å². The number of ether oxygens (including phenoxy) is 1. The largest absolute Gasteiger partial charge is 0.458 e. The van der Waals surface area contributed by atoms with Crippen molar-refractivity contribution in [1.82, 2.24) is 14.1 Å². The van der Waals surface area contributed by atoms with Crippen LogP contribution in [0.15, 0.2) is 109 Å². The number of aromatic nitrogens is 4. The Hall–Kier alpha value is -4.68. The molecule has 0 amide bonds. The van der Waals surface area contributed by atoms with Gasteiger partial charge >= 0.3 is 0 Å². The van der Waals surface area contributed by atoms with Crippen LogP contribution in [0.3, 0.4) is 0 Å². The van der Waals surface area contributed by atoms with Crippen molar-refractivity contribution in [2.75, 3.05) is 0 Å². The fourth-order valence-corrected chi connectivity index (χ4v) is 6.47. The van der Waals surface area contributed by atoms with E-state index in [0.717, 1.165) is 38.8 Å². The number of imidazole rings is 1. The first-order valence-electron chi connectivity index (χ1n) is 14.8. The summed E-state index contributed by atoms with van der Waals surface area (Å²) in [5.74, 6) is 2.21. The molecule has 5 nitrogen and oxygen atoms in total. The van der Waals surface area contributed by atoms with Crippen LogP contribution < -0.4 is 14.5 Å². The summed E-state index contributed by atoms with van der Waals surface area (Å²) in [6.07, 6.45) is 4.93. The molecular formula is C34H30N4OSi. The number of hydrogen-bond acceptors (Lipinski definition) is 2. The summed E-state index contributed by atoms with van der Waals surface area (Å²) in [4.78, 5) is 4.79. The number of benzene rings is 4. The zero-order valence-corrected chi connectivity index (χ0v) is 23.6. The van der Waals surface area contributed by atoms with E-state index < -0.39 is 15.0 Å². The molecule has 4 aromatic carbocycles. The third kappa shape index (κ3) is 4.08. The van der Waals surface area contributed by atoms with Gasteiger partial charge in [-0.2, -0.15) is 0 Å². The van der Waals surface area contributed by atoms with Crippen molar-refractivity contribution in [3.8, 4) is 23.0 Å². The van der Waals surface area contributed by atoms with E-state index in [1.807, 2.05) is 54.7 Å². The van der Waals surface area contributed by atoms with Crippen LogP contribution in [-0.2, 0) is 6.98 Å². The van der Waals surface area contributed by atoms with E-state index in [1.165, 1.54) is 9.75 Å². The Bertz CT molecular complexity index is 2160. The molecule has 0 N–H and O–H groups in total. The van der Waals surface area contributed by atoms with Gasteiger partial charge in [0.1, 0.15) is 17.3 Å². The molecule has 3 aromatic heterocycles. The van der Waals surface area contributed by atoms with Crippen molar-refractivity contribution < 1.29 is 13.4 Å². The Morgan fingerprint density at radius 2 is 1.55 bits per heavy atom. The van der Waals surface area contributed by atoms with Crippen molar-refractivity contribution in [3.05, 3.63) is 116 Å². The standard InChI is InChI=1S/C34H30N4OSi/c1-36-23-37(32-15-8-7-14-31(32)36)24-10-9-11-25(20-24)39-26-16-17-29-28-12-5-6-13-30(28)38(33(29)21-26)34-22-27(18-19-35-34)40(2,3)4/h5-22H,1-4H3/i1D3.